The van der Waals surface area contributed by atoms with Crippen LogP contribution in [0.5, 0.6) is 11.5 Å². The molecule has 0 saturated heterocycles. The molecule has 0 radical (unpaired) electrons. The molecule has 2 aromatic rings. The van der Waals surface area contributed by atoms with Crippen molar-refractivity contribution in [2.45, 2.75) is 125 Å². The average molecular weight is 1000 g/mol. The number of rotatable bonds is 23. The summed E-state index contributed by atoms with van der Waals surface area (Å²) in [4.78, 5) is 24.9. The Morgan fingerprint density at radius 2 is 1.11 bits per heavy atom. The zero-order chi connectivity index (χ0) is 51.3. The first-order valence-electron chi connectivity index (χ1n) is 19.2. The fourth-order valence-corrected chi connectivity index (χ4v) is 10.9. The van der Waals surface area contributed by atoms with Crippen LogP contribution < -0.4 is 20.3 Å². The third-order valence-corrected chi connectivity index (χ3v) is 16.4. The predicted octanol–water partition coefficient (Wildman–Crippen LogP) is 12.8. The Bertz CT molecular complexity index is 1970. The number of hydrogen-bond donors (Lipinski definition) is 3. The Morgan fingerprint density at radius 3 is 1.55 bits per heavy atom. The summed E-state index contributed by atoms with van der Waals surface area (Å²) in [6, 6.07) is 10.4. The molecule has 0 heterocycles. The normalized spacial score (nSPS) is 14.8. The first-order valence-corrected chi connectivity index (χ1v) is 21.4. The molecular weight excluding hydrogens is 959 g/mol. The van der Waals surface area contributed by atoms with Crippen molar-refractivity contribution in [2.75, 3.05) is 25.6 Å². The largest absolute Gasteiger partial charge is 0.497 e. The van der Waals surface area contributed by atoms with Crippen molar-refractivity contribution >= 4 is 26.0 Å². The number of nitrogens with one attached hydrogen (secondary N) is 2. The molecule has 66 heavy (non-hydrogen) atoms. The zero-order valence-corrected chi connectivity index (χ0v) is 36.7. The number of methoxy groups -OCH3 is 1. The van der Waals surface area contributed by atoms with Crippen LogP contribution in [-0.4, -0.2) is 93.5 Å². The minimum atomic E-state index is -8.71. The number of hydroxylamine groups is 1. The van der Waals surface area contributed by atoms with E-state index in [4.69, 9.17) is 23.8 Å². The second-order valence-electron chi connectivity index (χ2n) is 15.5. The molecule has 0 fully saturated rings. The summed E-state index contributed by atoms with van der Waals surface area (Å²) in [5.74, 6) is -57.2. The molecule has 376 valence electrons. The average Bonchev–Trinajstić information content (AvgIpc) is 3.21. The van der Waals surface area contributed by atoms with Gasteiger partial charge in [0.2, 0.25) is 0 Å². The highest BCUT2D eigenvalue weighted by Gasteiger charge is 2.95. The number of benzene rings is 2. The number of ether oxygens (including phenoxy) is 3. The van der Waals surface area contributed by atoms with Gasteiger partial charge in [-0.25, -0.2) is 10.3 Å². The lowest BCUT2D eigenvalue weighted by Crippen LogP contribution is -2.74. The van der Waals surface area contributed by atoms with Gasteiger partial charge in [-0.3, -0.25) is 15.3 Å². The summed E-state index contributed by atoms with van der Waals surface area (Å²) >= 11 is 0. The van der Waals surface area contributed by atoms with E-state index in [0.29, 0.717) is 22.6 Å². The Labute approximate surface area is 367 Å². The van der Waals surface area contributed by atoms with Gasteiger partial charge in [-0.15, -0.1) is 0 Å². The van der Waals surface area contributed by atoms with Gasteiger partial charge >= 0.3 is 53.7 Å². The molecule has 0 spiro atoms. The monoisotopic (exact) mass is 1000 g/mol. The number of hydrogen-bond acceptors (Lipinski definition) is 7. The van der Waals surface area contributed by atoms with E-state index in [0.717, 1.165) is 0 Å². The van der Waals surface area contributed by atoms with Crippen LogP contribution in [0.3, 0.4) is 0 Å². The maximum atomic E-state index is 15.0. The smallest absolute Gasteiger partial charge is 0.460 e. The van der Waals surface area contributed by atoms with Crippen LogP contribution in [0.1, 0.15) is 66.1 Å². The van der Waals surface area contributed by atoms with Gasteiger partial charge in [-0.2, -0.15) is 74.6 Å². The van der Waals surface area contributed by atoms with Gasteiger partial charge in [0.1, 0.15) is 24.2 Å². The molecule has 0 aliphatic carbocycles. The molecule has 0 unspecified atom stereocenters. The van der Waals surface area contributed by atoms with Crippen LogP contribution in [0.15, 0.2) is 59.7 Å². The third-order valence-electron chi connectivity index (χ3n) is 10.7. The van der Waals surface area contributed by atoms with Crippen molar-refractivity contribution in [3.8, 4) is 11.5 Å². The molecule has 0 aliphatic heterocycles. The predicted molar refractivity (Wildman–Crippen MR) is 203 cm³/mol. The zero-order valence-electron chi connectivity index (χ0n) is 35.7. The number of amides is 2. The van der Waals surface area contributed by atoms with Gasteiger partial charge in [0, 0.05) is 24.1 Å². The third kappa shape index (κ3) is 11.4. The molecular formula is C39H45F17N2O7Si. The minimum absolute atomic E-state index is 0.0746. The van der Waals surface area contributed by atoms with Gasteiger partial charge in [0.25, 0.3) is 5.91 Å². The highest BCUT2D eigenvalue weighted by Crippen LogP contribution is 2.64. The summed E-state index contributed by atoms with van der Waals surface area (Å²) in [5.41, 5.74) is 0.810. The maximum absolute atomic E-state index is 15.0. The Kier molecular flexibility index (Phi) is 18.1. The summed E-state index contributed by atoms with van der Waals surface area (Å²) < 4.78 is 258. The second-order valence-corrected chi connectivity index (χ2v) is 20.5. The number of halogens is 17. The molecule has 0 bridgehead atoms. The second kappa shape index (κ2) is 20.8. The number of alkyl halides is 17. The molecule has 0 aliphatic rings. The molecule has 2 amide bonds. The lowest BCUT2D eigenvalue weighted by molar-refractivity contribution is -0.461. The SMILES string of the molecule is COc1ccc(NC(=O)O[C@@H](C/C(C)=C(\C)C(=O)NO)c2ccc(OCCO[Si](CCC(F)(F)C(F)(F)C(F)(F)C(F)(F)C(F)(F)C(F)(F)C(F)(F)C(F)(F)F)(C(C)C)C(C)C)cc2)cc1. The summed E-state index contributed by atoms with van der Waals surface area (Å²) in [5, 5.41) is 11.6. The van der Waals surface area contributed by atoms with Crippen LogP contribution in [-0.2, 0) is 14.0 Å². The van der Waals surface area contributed by atoms with Crippen molar-refractivity contribution in [3.05, 3.63) is 65.2 Å². The molecule has 2 rings (SSSR count). The van der Waals surface area contributed by atoms with E-state index in [1.54, 1.807) is 12.1 Å². The van der Waals surface area contributed by atoms with Crippen LogP contribution in [0.2, 0.25) is 17.1 Å². The molecule has 27 heteroatoms. The minimum Gasteiger partial charge on any atom is -0.497 e. The van der Waals surface area contributed by atoms with Gasteiger partial charge < -0.3 is 18.6 Å². The van der Waals surface area contributed by atoms with E-state index in [2.05, 4.69) is 5.32 Å². The Balaban J connectivity index is 2.31. The highest BCUT2D eigenvalue weighted by molar-refractivity contribution is 6.76. The van der Waals surface area contributed by atoms with Gasteiger partial charge in [-0.05, 0) is 72.9 Å². The molecule has 9 nitrogen and oxygen atoms in total. The van der Waals surface area contributed by atoms with Gasteiger partial charge in [0.05, 0.1) is 13.7 Å². The van der Waals surface area contributed by atoms with E-state index in [-0.39, 0.29) is 17.7 Å². The highest BCUT2D eigenvalue weighted by atomic mass is 28.4. The fourth-order valence-electron chi connectivity index (χ4n) is 6.41. The van der Waals surface area contributed by atoms with E-state index in [9.17, 15) is 84.2 Å². The van der Waals surface area contributed by atoms with E-state index < -0.39 is 111 Å². The van der Waals surface area contributed by atoms with Crippen molar-refractivity contribution in [3.63, 3.8) is 0 Å². The topological polar surface area (TPSA) is 115 Å². The van der Waals surface area contributed by atoms with E-state index >= 15 is 0 Å². The standard InChI is InChI=1S/C39H45F17N2O7Si/c1-21(2)66(22(3)4,19-16-32(40,41)33(42,43)34(44,45)35(46,47)36(48,49)37(50,51)38(52,53)39(54,55)56)64-18-17-63-28-12-8-25(9-13-28)29(20-23(5)24(6)30(59)58-61)65-31(60)57-26-10-14-27(62-7)15-11-26/h8-15,21-22,29,61H,16-20H2,1-7H3,(H,57,60)(H,58,59)/b24-23+/t29-/m0/s1. The summed E-state index contributed by atoms with van der Waals surface area (Å²) in [6.07, 6.45) is -12.5. The molecule has 2 aromatic carbocycles. The maximum Gasteiger partial charge on any atom is 0.460 e. The Morgan fingerprint density at radius 1 is 0.652 bits per heavy atom. The lowest BCUT2D eigenvalue weighted by Gasteiger charge is -2.44. The molecule has 3 N–H and O–H groups in total. The van der Waals surface area contributed by atoms with E-state index in [1.807, 2.05) is 0 Å². The number of carbonyl (C=O) groups is 2. The van der Waals surface area contributed by atoms with Gasteiger partial charge in [-0.1, -0.05) is 45.4 Å². The first-order chi connectivity index (χ1) is 29.9. The molecule has 1 atom stereocenters. The summed E-state index contributed by atoms with van der Waals surface area (Å²) in [6.45, 7) is 7.14. The first kappa shape index (κ1) is 57.6. The molecule has 0 saturated carbocycles. The van der Waals surface area contributed by atoms with Crippen LogP contribution in [0.25, 0.3) is 0 Å². The van der Waals surface area contributed by atoms with E-state index in [1.165, 1.54) is 90.5 Å². The number of carbonyl (C=O) groups excluding carboxylic acids is 2. The number of anilines is 1. The summed E-state index contributed by atoms with van der Waals surface area (Å²) in [7, 11) is -2.60. The lowest BCUT2D eigenvalue weighted by atomic mass is 9.88. The van der Waals surface area contributed by atoms with Crippen molar-refractivity contribution in [1.82, 2.24) is 5.48 Å². The van der Waals surface area contributed by atoms with Crippen molar-refractivity contribution in [1.29, 1.82) is 0 Å². The molecule has 0 aromatic heterocycles. The Hall–Kier alpha value is -4.53. The van der Waals surface area contributed by atoms with Crippen LogP contribution in [0.4, 0.5) is 85.1 Å². The van der Waals surface area contributed by atoms with Crippen LogP contribution >= 0.6 is 0 Å². The van der Waals surface area contributed by atoms with Crippen molar-refractivity contribution < 1.29 is 108 Å². The van der Waals surface area contributed by atoms with Crippen molar-refractivity contribution in [2.24, 2.45) is 0 Å². The quantitative estimate of drug-likeness (QED) is 0.0254. The van der Waals surface area contributed by atoms with Crippen LogP contribution in [0, 0.1) is 0 Å². The van der Waals surface area contributed by atoms with Gasteiger partial charge in [0.15, 0.2) is 8.32 Å². The fraction of sp³-hybridized carbons (Fsp3) is 0.590.